The number of hydrogen-bond acceptors (Lipinski definition) is 2. The Hall–Kier alpha value is -0.930. The van der Waals surface area contributed by atoms with E-state index in [9.17, 15) is 9.50 Å². The van der Waals surface area contributed by atoms with Gasteiger partial charge in [0.05, 0.1) is 6.10 Å². The lowest BCUT2D eigenvalue weighted by molar-refractivity contribution is 0.00328. The summed E-state index contributed by atoms with van der Waals surface area (Å²) >= 11 is 0. The van der Waals surface area contributed by atoms with Crippen molar-refractivity contribution in [3.8, 4) is 0 Å². The fourth-order valence-electron chi connectivity index (χ4n) is 2.71. The summed E-state index contributed by atoms with van der Waals surface area (Å²) < 4.78 is 12.9. The first-order valence-electron chi connectivity index (χ1n) is 5.78. The molecule has 1 fully saturated rings. The topological polar surface area (TPSA) is 46.2 Å². The molecule has 0 aromatic heterocycles. The molecule has 1 atom stereocenters. The van der Waals surface area contributed by atoms with Gasteiger partial charge in [-0.05, 0) is 37.0 Å². The zero-order valence-electron chi connectivity index (χ0n) is 9.49. The maximum absolute atomic E-state index is 12.9. The first-order valence-corrected chi connectivity index (χ1v) is 5.78. The van der Waals surface area contributed by atoms with Crippen LogP contribution in [0.3, 0.4) is 0 Å². The van der Waals surface area contributed by atoms with Crippen LogP contribution in [0.15, 0.2) is 24.3 Å². The van der Waals surface area contributed by atoms with Crippen LogP contribution in [0.4, 0.5) is 4.39 Å². The predicted molar refractivity (Wildman–Crippen MR) is 61.6 cm³/mol. The number of aliphatic hydroxyl groups excluding tert-OH is 1. The van der Waals surface area contributed by atoms with E-state index in [0.717, 1.165) is 12.0 Å². The summed E-state index contributed by atoms with van der Waals surface area (Å²) in [4.78, 5) is 0. The molecule has 1 saturated carbocycles. The van der Waals surface area contributed by atoms with Gasteiger partial charge in [-0.1, -0.05) is 19.1 Å². The SMILES string of the molecule is CCC(N)C1(c2ccc(F)cc2)CC(O)C1. The van der Waals surface area contributed by atoms with E-state index in [1.807, 2.05) is 6.92 Å². The van der Waals surface area contributed by atoms with E-state index in [0.29, 0.717) is 12.8 Å². The molecule has 0 bridgehead atoms. The highest BCUT2D eigenvalue weighted by Gasteiger charge is 2.48. The lowest BCUT2D eigenvalue weighted by Gasteiger charge is -2.49. The molecule has 0 radical (unpaired) electrons. The van der Waals surface area contributed by atoms with Crippen molar-refractivity contribution in [1.29, 1.82) is 0 Å². The Morgan fingerprint density at radius 3 is 2.44 bits per heavy atom. The monoisotopic (exact) mass is 223 g/mol. The number of nitrogens with two attached hydrogens (primary N) is 1. The van der Waals surface area contributed by atoms with Crippen molar-refractivity contribution >= 4 is 0 Å². The Balaban J connectivity index is 2.30. The van der Waals surface area contributed by atoms with E-state index in [2.05, 4.69) is 0 Å². The summed E-state index contributed by atoms with van der Waals surface area (Å²) in [5.41, 5.74) is 7.04. The molecular formula is C13H18FNO. The summed E-state index contributed by atoms with van der Waals surface area (Å²) in [6, 6.07) is 6.53. The van der Waals surface area contributed by atoms with Gasteiger partial charge in [0.15, 0.2) is 0 Å². The molecule has 2 rings (SSSR count). The third-order valence-corrected chi connectivity index (χ3v) is 3.77. The fourth-order valence-corrected chi connectivity index (χ4v) is 2.71. The molecule has 0 aliphatic heterocycles. The van der Waals surface area contributed by atoms with Crippen molar-refractivity contribution < 1.29 is 9.50 Å². The molecule has 16 heavy (non-hydrogen) atoms. The Labute approximate surface area is 95.3 Å². The second-order valence-electron chi connectivity index (χ2n) is 4.74. The van der Waals surface area contributed by atoms with Gasteiger partial charge in [0.25, 0.3) is 0 Å². The van der Waals surface area contributed by atoms with Crippen LogP contribution in [0.1, 0.15) is 31.7 Å². The van der Waals surface area contributed by atoms with Crippen molar-refractivity contribution in [2.45, 2.75) is 43.7 Å². The van der Waals surface area contributed by atoms with Crippen LogP contribution >= 0.6 is 0 Å². The van der Waals surface area contributed by atoms with Crippen molar-refractivity contribution in [3.05, 3.63) is 35.6 Å². The number of benzene rings is 1. The minimum atomic E-state index is -0.261. The second kappa shape index (κ2) is 4.15. The zero-order chi connectivity index (χ0) is 11.8. The zero-order valence-corrected chi connectivity index (χ0v) is 9.49. The number of aliphatic hydroxyl groups is 1. The maximum Gasteiger partial charge on any atom is 0.123 e. The first kappa shape index (κ1) is 11.6. The molecule has 3 heteroatoms. The lowest BCUT2D eigenvalue weighted by atomic mass is 9.58. The number of hydrogen-bond donors (Lipinski definition) is 2. The van der Waals surface area contributed by atoms with Gasteiger partial charge in [0.2, 0.25) is 0 Å². The van der Waals surface area contributed by atoms with E-state index in [1.165, 1.54) is 12.1 Å². The van der Waals surface area contributed by atoms with E-state index in [4.69, 9.17) is 5.73 Å². The van der Waals surface area contributed by atoms with Gasteiger partial charge in [-0.3, -0.25) is 0 Å². The van der Waals surface area contributed by atoms with E-state index in [1.54, 1.807) is 12.1 Å². The van der Waals surface area contributed by atoms with Crippen molar-refractivity contribution in [3.63, 3.8) is 0 Å². The molecule has 1 unspecified atom stereocenters. The Morgan fingerprint density at radius 1 is 1.44 bits per heavy atom. The second-order valence-corrected chi connectivity index (χ2v) is 4.74. The highest BCUT2D eigenvalue weighted by molar-refractivity contribution is 5.32. The minimum absolute atomic E-state index is 0.0290. The van der Waals surface area contributed by atoms with Gasteiger partial charge in [0, 0.05) is 11.5 Å². The molecule has 2 nitrogen and oxygen atoms in total. The van der Waals surface area contributed by atoms with Crippen LogP contribution in [0.25, 0.3) is 0 Å². The Kier molecular flexibility index (Phi) is 3.00. The molecule has 1 aromatic rings. The molecule has 1 aromatic carbocycles. The smallest absolute Gasteiger partial charge is 0.123 e. The lowest BCUT2D eigenvalue weighted by Crippen LogP contribution is -2.56. The molecule has 0 amide bonds. The average Bonchev–Trinajstić information content (AvgIpc) is 2.25. The van der Waals surface area contributed by atoms with Crippen LogP contribution in [0, 0.1) is 5.82 Å². The summed E-state index contributed by atoms with van der Waals surface area (Å²) in [5.74, 6) is -0.233. The highest BCUT2D eigenvalue weighted by atomic mass is 19.1. The van der Waals surface area contributed by atoms with Crippen molar-refractivity contribution in [1.82, 2.24) is 0 Å². The molecular weight excluding hydrogens is 205 g/mol. The predicted octanol–water partition coefficient (Wildman–Crippen LogP) is 1.96. The largest absolute Gasteiger partial charge is 0.393 e. The summed E-state index contributed by atoms with van der Waals surface area (Å²) in [6.07, 6.45) is 1.98. The molecule has 3 N–H and O–H groups in total. The van der Waals surface area contributed by atoms with Gasteiger partial charge < -0.3 is 10.8 Å². The minimum Gasteiger partial charge on any atom is -0.393 e. The molecule has 0 saturated heterocycles. The van der Waals surface area contributed by atoms with E-state index >= 15 is 0 Å². The Morgan fingerprint density at radius 2 is 2.00 bits per heavy atom. The Bertz CT molecular complexity index is 357. The van der Waals surface area contributed by atoms with Crippen LogP contribution in [-0.4, -0.2) is 17.3 Å². The summed E-state index contributed by atoms with van der Waals surface area (Å²) in [7, 11) is 0. The van der Waals surface area contributed by atoms with Crippen LogP contribution in [0.5, 0.6) is 0 Å². The van der Waals surface area contributed by atoms with Crippen LogP contribution in [-0.2, 0) is 5.41 Å². The third-order valence-electron chi connectivity index (χ3n) is 3.77. The van der Waals surface area contributed by atoms with Crippen molar-refractivity contribution in [2.24, 2.45) is 5.73 Å². The van der Waals surface area contributed by atoms with Gasteiger partial charge in [-0.2, -0.15) is 0 Å². The van der Waals surface area contributed by atoms with Gasteiger partial charge >= 0.3 is 0 Å². The van der Waals surface area contributed by atoms with E-state index < -0.39 is 0 Å². The fraction of sp³-hybridized carbons (Fsp3) is 0.538. The van der Waals surface area contributed by atoms with Crippen molar-refractivity contribution in [2.75, 3.05) is 0 Å². The quantitative estimate of drug-likeness (QED) is 0.822. The standard InChI is InChI=1S/C13H18FNO/c1-2-12(15)13(7-11(16)8-13)9-3-5-10(14)6-4-9/h3-6,11-12,16H,2,7-8,15H2,1H3. The highest BCUT2D eigenvalue weighted by Crippen LogP contribution is 2.46. The normalized spacial score (nSPS) is 30.9. The van der Waals surface area contributed by atoms with Gasteiger partial charge in [0.1, 0.15) is 5.82 Å². The number of halogens is 1. The average molecular weight is 223 g/mol. The summed E-state index contributed by atoms with van der Waals surface area (Å²) in [5, 5.41) is 9.51. The molecule has 0 spiro atoms. The molecule has 1 aliphatic carbocycles. The van der Waals surface area contributed by atoms with Crippen LogP contribution in [0.2, 0.25) is 0 Å². The first-order chi connectivity index (χ1) is 7.58. The van der Waals surface area contributed by atoms with Gasteiger partial charge in [-0.15, -0.1) is 0 Å². The summed E-state index contributed by atoms with van der Waals surface area (Å²) in [6.45, 7) is 2.04. The van der Waals surface area contributed by atoms with Gasteiger partial charge in [-0.25, -0.2) is 4.39 Å². The maximum atomic E-state index is 12.9. The molecule has 0 heterocycles. The molecule has 88 valence electrons. The third kappa shape index (κ3) is 1.74. The molecule has 1 aliphatic rings. The van der Waals surface area contributed by atoms with E-state index in [-0.39, 0.29) is 23.4 Å². The number of rotatable bonds is 3. The van der Waals surface area contributed by atoms with Crippen LogP contribution < -0.4 is 5.73 Å².